The van der Waals surface area contributed by atoms with Gasteiger partial charge in [-0.3, -0.25) is 18.5 Å². The van der Waals surface area contributed by atoms with Crippen molar-refractivity contribution in [3.63, 3.8) is 0 Å². The normalized spacial score (nSPS) is 27.5. The van der Waals surface area contributed by atoms with Gasteiger partial charge in [-0.2, -0.15) is 25.3 Å². The molecule has 2 aliphatic rings. The maximum atomic E-state index is 13.3. The molecule has 3 N–H and O–H groups in total. The van der Waals surface area contributed by atoms with Crippen molar-refractivity contribution in [2.45, 2.75) is 204 Å². The molecule has 0 aromatic rings. The summed E-state index contributed by atoms with van der Waals surface area (Å²) in [7, 11) is -15.7. The summed E-state index contributed by atoms with van der Waals surface area (Å²) in [4.78, 5) is 28.0. The van der Waals surface area contributed by atoms with Gasteiger partial charge in [0.05, 0.1) is 0 Å². The molecular formula is C35H65NO15S3. The predicted molar refractivity (Wildman–Crippen MR) is 200 cm³/mol. The Labute approximate surface area is 323 Å². The summed E-state index contributed by atoms with van der Waals surface area (Å²) in [5.41, 5.74) is 0. The highest BCUT2D eigenvalue weighted by atomic mass is 32.3. The number of rotatable bonds is 9. The number of nitrogens with zero attached hydrogens (tertiary/aromatic N) is 1. The van der Waals surface area contributed by atoms with Crippen molar-refractivity contribution >= 4 is 43.1 Å². The average molecular weight is 836 g/mol. The van der Waals surface area contributed by atoms with E-state index < -0.39 is 55.6 Å². The fraction of sp³-hybridized carbons (Fsp3) is 0.943. The maximum absolute atomic E-state index is 13.3. The van der Waals surface area contributed by atoms with E-state index >= 15 is 0 Å². The summed E-state index contributed by atoms with van der Waals surface area (Å²) in [5, 5.41) is 0. The molecule has 5 atom stereocenters. The minimum Gasteiger partial charge on any atom is -0.461 e. The second-order valence-corrected chi connectivity index (χ2v) is 17.8. The van der Waals surface area contributed by atoms with Crippen LogP contribution in [0.15, 0.2) is 0 Å². The van der Waals surface area contributed by atoms with Gasteiger partial charge in [0.2, 0.25) is 5.91 Å². The molecule has 0 aromatic carbocycles. The van der Waals surface area contributed by atoms with Crippen LogP contribution in [0.4, 0.5) is 0 Å². The Balaban J connectivity index is 2.14. The lowest BCUT2D eigenvalue weighted by atomic mass is 9.97. The Hall–Kier alpha value is -1.45. The molecule has 0 spiro atoms. The number of carbonyl (C=O) groups excluding carboxylic acids is 2. The molecular weight excluding hydrogens is 771 g/mol. The molecule has 2 fully saturated rings. The van der Waals surface area contributed by atoms with Gasteiger partial charge in [0.15, 0.2) is 0 Å². The Morgan fingerprint density at radius 1 is 0.593 bits per heavy atom. The molecule has 54 heavy (non-hydrogen) atoms. The number of cyclic esters (lactones) is 1. The molecule has 318 valence electrons. The fourth-order valence-corrected chi connectivity index (χ4v) is 8.94. The van der Waals surface area contributed by atoms with Crippen molar-refractivity contribution in [2.24, 2.45) is 0 Å². The quantitative estimate of drug-likeness (QED) is 0.159. The van der Waals surface area contributed by atoms with Gasteiger partial charge in [0.1, 0.15) is 30.5 Å². The zero-order chi connectivity index (χ0) is 40.0. The third-order valence-electron chi connectivity index (χ3n) is 10.1. The predicted octanol–water partition coefficient (Wildman–Crippen LogP) is 6.85. The Kier molecular flexibility index (Phi) is 23.2. The van der Waals surface area contributed by atoms with Crippen LogP contribution in [-0.4, -0.2) is 92.7 Å². The lowest BCUT2D eigenvalue weighted by Gasteiger charge is -2.30. The van der Waals surface area contributed by atoms with Gasteiger partial charge in [-0.15, -0.1) is 0 Å². The molecule has 2 saturated heterocycles. The van der Waals surface area contributed by atoms with Gasteiger partial charge in [-0.05, 0) is 51.4 Å². The zero-order valence-corrected chi connectivity index (χ0v) is 34.3. The second kappa shape index (κ2) is 25.7. The number of hydrogen-bond acceptors (Lipinski definition) is 12. The SMILES string of the molecule is CCCCC1CCCCCCCCCC(OS(=O)(=O)O)C(OS(=O)(=O)O)C(OS(=O)(=O)O)CCCCCCCCCCCCC(=O)N2CCCC2C(=O)O1. The van der Waals surface area contributed by atoms with E-state index in [1.165, 1.54) is 0 Å². The first-order chi connectivity index (χ1) is 25.5. The Bertz CT molecular complexity index is 1410. The molecule has 0 bridgehead atoms. The molecule has 16 nitrogen and oxygen atoms in total. The highest BCUT2D eigenvalue weighted by Gasteiger charge is 2.40. The number of esters is 1. The summed E-state index contributed by atoms with van der Waals surface area (Å²) < 4.78 is 119. The van der Waals surface area contributed by atoms with Crippen LogP contribution in [0.5, 0.6) is 0 Å². The van der Waals surface area contributed by atoms with E-state index in [1.54, 1.807) is 4.90 Å². The first-order valence-corrected chi connectivity index (χ1v) is 24.1. The topological polar surface area (TPSA) is 237 Å². The summed E-state index contributed by atoms with van der Waals surface area (Å²) >= 11 is 0. The van der Waals surface area contributed by atoms with E-state index in [0.717, 1.165) is 103 Å². The fourth-order valence-electron chi connectivity index (χ4n) is 7.38. The van der Waals surface area contributed by atoms with E-state index in [0.29, 0.717) is 45.1 Å². The van der Waals surface area contributed by atoms with Crippen LogP contribution >= 0.6 is 0 Å². The second-order valence-electron chi connectivity index (χ2n) is 14.7. The van der Waals surface area contributed by atoms with Crippen molar-refractivity contribution in [3.05, 3.63) is 0 Å². The number of hydrogen-bond donors (Lipinski definition) is 3. The summed E-state index contributed by atoms with van der Waals surface area (Å²) in [6.07, 6.45) is 11.7. The highest BCUT2D eigenvalue weighted by molar-refractivity contribution is 7.81. The van der Waals surface area contributed by atoms with E-state index in [2.05, 4.69) is 6.92 Å². The van der Waals surface area contributed by atoms with Gasteiger partial charge in [0, 0.05) is 13.0 Å². The van der Waals surface area contributed by atoms with Gasteiger partial charge in [-0.25, -0.2) is 17.3 Å². The zero-order valence-electron chi connectivity index (χ0n) is 31.9. The first kappa shape index (κ1) is 48.7. The molecule has 5 unspecified atom stereocenters. The summed E-state index contributed by atoms with van der Waals surface area (Å²) in [5.74, 6) is -0.293. The number of amides is 1. The third-order valence-corrected chi connectivity index (χ3v) is 11.6. The van der Waals surface area contributed by atoms with Crippen LogP contribution in [0, 0.1) is 0 Å². The standard InChI is InChI=1S/C35H65NO15S3/c1-2-3-22-29-23-17-13-9-8-11-15-19-26-32(50-53(42,43)44)34(51-54(45,46)47)31(49-52(39,40)41)25-18-14-10-6-4-5-7-12-16-20-27-33(37)36-28-21-24-30(36)35(38)48-29/h29-32,34H,2-28H2,1H3,(H,39,40,41)(H,42,43,44)(H,45,46,47). The Morgan fingerprint density at radius 3 is 1.46 bits per heavy atom. The molecule has 0 saturated carbocycles. The van der Waals surface area contributed by atoms with Crippen molar-refractivity contribution in [2.75, 3.05) is 6.54 Å². The number of unbranched alkanes of at least 4 members (excludes halogenated alkanes) is 1. The lowest BCUT2D eigenvalue weighted by molar-refractivity contribution is -0.158. The van der Waals surface area contributed by atoms with Crippen molar-refractivity contribution in [1.29, 1.82) is 0 Å². The molecule has 19 heteroatoms. The molecule has 0 aromatic heterocycles. The molecule has 2 aliphatic heterocycles. The van der Waals surface area contributed by atoms with Crippen LogP contribution < -0.4 is 0 Å². The van der Waals surface area contributed by atoms with Gasteiger partial charge >= 0.3 is 37.2 Å². The van der Waals surface area contributed by atoms with Crippen LogP contribution in [0.2, 0.25) is 0 Å². The molecule has 1 amide bonds. The van der Waals surface area contributed by atoms with Crippen molar-refractivity contribution < 1.29 is 65.8 Å². The van der Waals surface area contributed by atoms with E-state index in [1.807, 2.05) is 0 Å². The van der Waals surface area contributed by atoms with Gasteiger partial charge in [0.25, 0.3) is 0 Å². The number of fused-ring (bicyclic) bond motifs is 1. The highest BCUT2D eigenvalue weighted by Crippen LogP contribution is 2.27. The summed E-state index contributed by atoms with van der Waals surface area (Å²) in [6.45, 7) is 2.66. The van der Waals surface area contributed by atoms with Crippen LogP contribution in [0.1, 0.15) is 174 Å². The maximum Gasteiger partial charge on any atom is 0.397 e. The minimum atomic E-state index is -5.31. The smallest absolute Gasteiger partial charge is 0.397 e. The Morgan fingerprint density at radius 2 is 1.02 bits per heavy atom. The molecule has 2 heterocycles. The van der Waals surface area contributed by atoms with Crippen molar-refractivity contribution in [3.8, 4) is 0 Å². The van der Waals surface area contributed by atoms with E-state index in [4.69, 9.17) is 17.3 Å². The van der Waals surface area contributed by atoms with E-state index in [-0.39, 0.29) is 43.7 Å². The van der Waals surface area contributed by atoms with Gasteiger partial charge in [-0.1, -0.05) is 116 Å². The van der Waals surface area contributed by atoms with Crippen LogP contribution in [0.3, 0.4) is 0 Å². The number of ether oxygens (including phenoxy) is 1. The molecule has 0 aliphatic carbocycles. The van der Waals surface area contributed by atoms with Crippen molar-refractivity contribution in [1.82, 2.24) is 4.90 Å². The first-order valence-electron chi connectivity index (χ1n) is 20.0. The van der Waals surface area contributed by atoms with E-state index in [9.17, 15) is 48.5 Å². The summed E-state index contributed by atoms with van der Waals surface area (Å²) in [6, 6.07) is -0.513. The average Bonchev–Trinajstić information content (AvgIpc) is 3.57. The lowest BCUT2D eigenvalue weighted by Crippen LogP contribution is -2.45. The molecule has 2 rings (SSSR count). The monoisotopic (exact) mass is 835 g/mol. The molecule has 0 radical (unpaired) electrons. The number of carbonyl (C=O) groups is 2. The van der Waals surface area contributed by atoms with Crippen LogP contribution in [0.25, 0.3) is 0 Å². The largest absolute Gasteiger partial charge is 0.461 e. The minimum absolute atomic E-state index is 0.0146. The van der Waals surface area contributed by atoms with Gasteiger partial charge < -0.3 is 9.64 Å². The van der Waals surface area contributed by atoms with Crippen LogP contribution in [-0.2, 0) is 58.1 Å². The third kappa shape index (κ3) is 22.3.